The maximum Gasteiger partial charge on any atom is 0.0219 e. The molecule has 0 aliphatic carbocycles. The van der Waals surface area contributed by atoms with E-state index in [1.54, 1.807) is 0 Å². The fourth-order valence-corrected chi connectivity index (χ4v) is 2.56. The highest BCUT2D eigenvalue weighted by atomic mass is 127. The van der Waals surface area contributed by atoms with Crippen LogP contribution in [0, 0.1) is 9.49 Å². The molecule has 0 bridgehead atoms. The maximum atomic E-state index is 3.55. The van der Waals surface area contributed by atoms with E-state index in [0.717, 1.165) is 24.1 Å². The van der Waals surface area contributed by atoms with E-state index in [0.29, 0.717) is 12.0 Å². The third-order valence-electron chi connectivity index (χ3n) is 2.65. The van der Waals surface area contributed by atoms with E-state index in [2.05, 4.69) is 88.1 Å². The Morgan fingerprint density at radius 3 is 2.61 bits per heavy atom. The molecule has 4 heteroatoms. The van der Waals surface area contributed by atoms with Gasteiger partial charge in [0.2, 0.25) is 0 Å². The molecule has 1 aromatic rings. The average molecular weight is 425 g/mol. The van der Waals surface area contributed by atoms with Crippen LogP contribution < -0.4 is 10.6 Å². The number of nitrogens with one attached hydrogen (secondary N) is 2. The fraction of sp³-hybridized carbons (Fsp3) is 0.571. The smallest absolute Gasteiger partial charge is 0.0219 e. The summed E-state index contributed by atoms with van der Waals surface area (Å²) in [6.07, 6.45) is 0. The van der Waals surface area contributed by atoms with E-state index < -0.39 is 0 Å². The van der Waals surface area contributed by atoms with Gasteiger partial charge in [0.15, 0.2) is 0 Å². The highest BCUT2D eigenvalue weighted by Gasteiger charge is 2.04. The first-order valence-electron chi connectivity index (χ1n) is 6.37. The molecule has 102 valence electrons. The van der Waals surface area contributed by atoms with Crippen LogP contribution in [-0.4, -0.2) is 19.1 Å². The summed E-state index contributed by atoms with van der Waals surface area (Å²) >= 11 is 5.90. The molecule has 0 aromatic heterocycles. The van der Waals surface area contributed by atoms with Crippen LogP contribution in [0.25, 0.3) is 0 Å². The molecule has 0 radical (unpaired) electrons. The van der Waals surface area contributed by atoms with Crippen LogP contribution in [0.2, 0.25) is 0 Å². The Morgan fingerprint density at radius 1 is 1.22 bits per heavy atom. The standard InChI is InChI=1S/C14H22BrIN2/c1-10(2)7-17-8-11(3)18-9-12-6-13(15)4-5-14(12)16/h4-6,10-11,17-18H,7-9H2,1-3H3. The molecule has 0 fully saturated rings. The van der Waals surface area contributed by atoms with Crippen molar-refractivity contribution in [1.29, 1.82) is 0 Å². The summed E-state index contributed by atoms with van der Waals surface area (Å²) < 4.78 is 2.45. The highest BCUT2D eigenvalue weighted by molar-refractivity contribution is 14.1. The normalized spacial score (nSPS) is 13.0. The molecule has 1 atom stereocenters. The minimum Gasteiger partial charge on any atom is -0.315 e. The van der Waals surface area contributed by atoms with Crippen molar-refractivity contribution in [3.05, 3.63) is 31.8 Å². The number of hydrogen-bond donors (Lipinski definition) is 2. The largest absolute Gasteiger partial charge is 0.315 e. The second kappa shape index (κ2) is 8.51. The van der Waals surface area contributed by atoms with E-state index in [1.807, 2.05) is 0 Å². The van der Waals surface area contributed by atoms with Crippen molar-refractivity contribution >= 4 is 38.5 Å². The lowest BCUT2D eigenvalue weighted by Crippen LogP contribution is -2.37. The third kappa shape index (κ3) is 6.50. The molecule has 0 spiro atoms. The second-order valence-corrected chi connectivity index (χ2v) is 7.15. The van der Waals surface area contributed by atoms with Gasteiger partial charge >= 0.3 is 0 Å². The van der Waals surface area contributed by atoms with Gasteiger partial charge in [-0.25, -0.2) is 0 Å². The minimum atomic E-state index is 0.485. The summed E-state index contributed by atoms with van der Waals surface area (Å²) in [5.74, 6) is 0.711. The molecule has 0 saturated carbocycles. The lowest BCUT2D eigenvalue weighted by molar-refractivity contribution is 0.472. The highest BCUT2D eigenvalue weighted by Crippen LogP contribution is 2.18. The molecule has 1 rings (SSSR count). The van der Waals surface area contributed by atoms with E-state index >= 15 is 0 Å². The first-order valence-corrected chi connectivity index (χ1v) is 8.24. The van der Waals surface area contributed by atoms with Crippen molar-refractivity contribution in [2.45, 2.75) is 33.4 Å². The van der Waals surface area contributed by atoms with Gasteiger partial charge in [0.05, 0.1) is 0 Å². The summed E-state index contributed by atoms with van der Waals surface area (Å²) in [7, 11) is 0. The monoisotopic (exact) mass is 424 g/mol. The van der Waals surface area contributed by atoms with E-state index in [4.69, 9.17) is 0 Å². The van der Waals surface area contributed by atoms with Crippen molar-refractivity contribution in [1.82, 2.24) is 10.6 Å². The molecular formula is C14H22BrIN2. The Morgan fingerprint density at radius 2 is 1.94 bits per heavy atom. The van der Waals surface area contributed by atoms with Gasteiger partial charge in [-0.05, 0) is 65.7 Å². The Balaban J connectivity index is 2.33. The molecule has 18 heavy (non-hydrogen) atoms. The molecule has 0 aliphatic heterocycles. The molecule has 1 unspecified atom stereocenters. The van der Waals surface area contributed by atoms with E-state index in [9.17, 15) is 0 Å². The number of halogens is 2. The Kier molecular flexibility index (Phi) is 7.75. The Bertz CT molecular complexity index is 369. The molecular weight excluding hydrogens is 403 g/mol. The molecule has 0 aliphatic rings. The van der Waals surface area contributed by atoms with Crippen molar-refractivity contribution in [2.75, 3.05) is 13.1 Å². The van der Waals surface area contributed by atoms with Gasteiger partial charge < -0.3 is 10.6 Å². The lowest BCUT2D eigenvalue weighted by atomic mass is 10.2. The van der Waals surface area contributed by atoms with Crippen LogP contribution in [-0.2, 0) is 6.54 Å². The van der Waals surface area contributed by atoms with Crippen LogP contribution in [0.15, 0.2) is 22.7 Å². The molecule has 0 heterocycles. The molecule has 0 amide bonds. The van der Waals surface area contributed by atoms with Crippen molar-refractivity contribution in [3.63, 3.8) is 0 Å². The third-order valence-corrected chi connectivity index (χ3v) is 4.20. The molecule has 2 N–H and O–H groups in total. The van der Waals surface area contributed by atoms with Gasteiger partial charge in [-0.15, -0.1) is 0 Å². The van der Waals surface area contributed by atoms with Gasteiger partial charge in [0.25, 0.3) is 0 Å². The zero-order chi connectivity index (χ0) is 13.5. The molecule has 1 aromatic carbocycles. The van der Waals surface area contributed by atoms with Crippen molar-refractivity contribution in [2.24, 2.45) is 5.92 Å². The summed E-state index contributed by atoms with van der Waals surface area (Å²) in [4.78, 5) is 0. The zero-order valence-corrected chi connectivity index (χ0v) is 15.0. The van der Waals surface area contributed by atoms with Crippen LogP contribution >= 0.6 is 38.5 Å². The van der Waals surface area contributed by atoms with E-state index in [1.165, 1.54) is 9.13 Å². The van der Waals surface area contributed by atoms with Crippen LogP contribution in [0.4, 0.5) is 0 Å². The molecule has 2 nitrogen and oxygen atoms in total. The van der Waals surface area contributed by atoms with Gasteiger partial charge in [0, 0.05) is 27.2 Å². The van der Waals surface area contributed by atoms with Gasteiger partial charge in [-0.3, -0.25) is 0 Å². The molecule has 0 saturated heterocycles. The SMILES string of the molecule is CC(C)CNCC(C)NCc1cc(Br)ccc1I. The van der Waals surface area contributed by atoms with Crippen molar-refractivity contribution in [3.8, 4) is 0 Å². The van der Waals surface area contributed by atoms with Gasteiger partial charge in [0.1, 0.15) is 0 Å². The van der Waals surface area contributed by atoms with Crippen LogP contribution in [0.5, 0.6) is 0 Å². The maximum absolute atomic E-state index is 3.55. The van der Waals surface area contributed by atoms with Gasteiger partial charge in [-0.1, -0.05) is 29.8 Å². The predicted octanol–water partition coefficient (Wildman–Crippen LogP) is 3.78. The summed E-state index contributed by atoms with van der Waals surface area (Å²) in [5, 5.41) is 7.03. The summed E-state index contributed by atoms with van der Waals surface area (Å²) in [6.45, 7) is 9.70. The summed E-state index contributed by atoms with van der Waals surface area (Å²) in [5.41, 5.74) is 1.35. The first-order chi connectivity index (χ1) is 8.49. The Hall–Kier alpha value is 0.350. The van der Waals surface area contributed by atoms with E-state index in [-0.39, 0.29) is 0 Å². The topological polar surface area (TPSA) is 24.1 Å². The fourth-order valence-electron chi connectivity index (χ4n) is 1.62. The quantitative estimate of drug-likeness (QED) is 0.651. The minimum absolute atomic E-state index is 0.485. The number of rotatable bonds is 7. The Labute approximate surface area is 133 Å². The van der Waals surface area contributed by atoms with Gasteiger partial charge in [-0.2, -0.15) is 0 Å². The lowest BCUT2D eigenvalue weighted by Gasteiger charge is -2.16. The average Bonchev–Trinajstić information content (AvgIpc) is 2.30. The predicted molar refractivity (Wildman–Crippen MR) is 90.9 cm³/mol. The number of hydrogen-bond acceptors (Lipinski definition) is 2. The zero-order valence-electron chi connectivity index (χ0n) is 11.3. The van der Waals surface area contributed by atoms with Crippen molar-refractivity contribution < 1.29 is 0 Å². The van der Waals surface area contributed by atoms with Crippen LogP contribution in [0.3, 0.4) is 0 Å². The second-order valence-electron chi connectivity index (χ2n) is 5.07. The first kappa shape index (κ1) is 16.4. The van der Waals surface area contributed by atoms with Crippen LogP contribution in [0.1, 0.15) is 26.3 Å². The summed E-state index contributed by atoms with van der Waals surface area (Å²) in [6, 6.07) is 6.89. The number of benzene rings is 1.